The third kappa shape index (κ3) is 2.60. The van der Waals surface area contributed by atoms with Crippen molar-refractivity contribution in [3.63, 3.8) is 0 Å². The number of aromatic carboxylic acids is 1. The number of H-pyrrole nitrogens is 1. The van der Waals surface area contributed by atoms with Crippen molar-refractivity contribution >= 4 is 43.9 Å². The summed E-state index contributed by atoms with van der Waals surface area (Å²) >= 11 is 0.702. The molecule has 3 N–H and O–H groups in total. The van der Waals surface area contributed by atoms with Crippen molar-refractivity contribution in [2.24, 2.45) is 0 Å². The van der Waals surface area contributed by atoms with Gasteiger partial charge >= 0.3 is 5.97 Å². The van der Waals surface area contributed by atoms with Gasteiger partial charge in [-0.05, 0) is 30.3 Å². The van der Waals surface area contributed by atoms with Crippen molar-refractivity contribution in [3.8, 4) is 0 Å². The number of carbonyl (C=O) groups is 1. The lowest BCUT2D eigenvalue weighted by atomic mass is 10.2. The van der Waals surface area contributed by atoms with E-state index in [1.807, 2.05) is 0 Å². The summed E-state index contributed by atoms with van der Waals surface area (Å²) in [7, 11) is -3.81. The average molecular weight is 323 g/mol. The van der Waals surface area contributed by atoms with Gasteiger partial charge in [0.05, 0.1) is 17.4 Å². The molecular formula is C12H9N3O4S2. The second-order valence-electron chi connectivity index (χ2n) is 4.20. The van der Waals surface area contributed by atoms with Crippen LogP contribution < -0.4 is 4.72 Å². The maximum absolute atomic E-state index is 12.2. The van der Waals surface area contributed by atoms with Gasteiger partial charge in [0.25, 0.3) is 10.0 Å². The van der Waals surface area contributed by atoms with E-state index < -0.39 is 16.0 Å². The molecule has 0 bridgehead atoms. The molecule has 0 fully saturated rings. The Morgan fingerprint density at radius 3 is 2.81 bits per heavy atom. The molecule has 7 nitrogen and oxygen atoms in total. The van der Waals surface area contributed by atoms with E-state index in [1.165, 1.54) is 12.1 Å². The topological polar surface area (TPSA) is 112 Å². The van der Waals surface area contributed by atoms with Gasteiger partial charge < -0.3 is 5.11 Å². The molecule has 21 heavy (non-hydrogen) atoms. The van der Waals surface area contributed by atoms with Gasteiger partial charge in [0, 0.05) is 5.39 Å². The van der Waals surface area contributed by atoms with Crippen molar-refractivity contribution < 1.29 is 18.3 Å². The van der Waals surface area contributed by atoms with Gasteiger partial charge in [0.1, 0.15) is 9.09 Å². The van der Waals surface area contributed by atoms with Gasteiger partial charge in [0.15, 0.2) is 0 Å². The number of hydrogen-bond acceptors (Lipinski definition) is 5. The van der Waals surface area contributed by atoms with E-state index in [0.29, 0.717) is 22.5 Å². The summed E-state index contributed by atoms with van der Waals surface area (Å²) in [6.07, 6.45) is 1.63. The van der Waals surface area contributed by atoms with E-state index in [2.05, 4.69) is 14.9 Å². The Labute approximate surface area is 123 Å². The lowest BCUT2D eigenvalue weighted by Gasteiger charge is -2.05. The zero-order valence-corrected chi connectivity index (χ0v) is 12.0. The minimum absolute atomic E-state index is 0.0283. The van der Waals surface area contributed by atoms with Gasteiger partial charge in [-0.2, -0.15) is 5.10 Å². The quantitative estimate of drug-likeness (QED) is 0.681. The number of benzene rings is 1. The minimum atomic E-state index is -3.81. The summed E-state index contributed by atoms with van der Waals surface area (Å²) in [5.41, 5.74) is 1.07. The zero-order chi connectivity index (χ0) is 15.0. The molecule has 0 radical (unpaired) electrons. The number of aromatic nitrogens is 2. The number of nitrogens with zero attached hydrogens (tertiary/aromatic N) is 1. The monoisotopic (exact) mass is 323 g/mol. The molecule has 0 unspecified atom stereocenters. The molecule has 0 aliphatic carbocycles. The Morgan fingerprint density at radius 1 is 1.29 bits per heavy atom. The van der Waals surface area contributed by atoms with Crippen LogP contribution >= 0.6 is 11.3 Å². The lowest BCUT2D eigenvalue weighted by molar-refractivity contribution is 0.0702. The van der Waals surface area contributed by atoms with Crippen molar-refractivity contribution in [2.75, 3.05) is 4.72 Å². The summed E-state index contributed by atoms with van der Waals surface area (Å²) < 4.78 is 26.7. The van der Waals surface area contributed by atoms with E-state index in [1.54, 1.807) is 24.4 Å². The first kappa shape index (κ1) is 13.6. The second-order valence-corrected chi connectivity index (χ2v) is 7.19. The van der Waals surface area contributed by atoms with Crippen LogP contribution in [0.5, 0.6) is 0 Å². The molecule has 0 amide bonds. The number of thiophene rings is 1. The van der Waals surface area contributed by atoms with Crippen molar-refractivity contribution in [2.45, 2.75) is 4.21 Å². The molecule has 9 heteroatoms. The highest BCUT2D eigenvalue weighted by molar-refractivity contribution is 7.94. The Balaban J connectivity index is 1.92. The van der Waals surface area contributed by atoms with Crippen molar-refractivity contribution in [1.82, 2.24) is 10.2 Å². The van der Waals surface area contributed by atoms with Crippen LogP contribution in [0.1, 0.15) is 9.67 Å². The summed E-state index contributed by atoms with van der Waals surface area (Å²) in [4.78, 5) is 10.8. The van der Waals surface area contributed by atoms with Gasteiger partial charge in [-0.3, -0.25) is 9.82 Å². The Hall–Kier alpha value is -2.39. The summed E-state index contributed by atoms with van der Waals surface area (Å²) in [5.74, 6) is -1.15. The number of nitrogens with one attached hydrogen (secondary N) is 2. The molecule has 0 atom stereocenters. The molecule has 2 aromatic heterocycles. The normalized spacial score (nSPS) is 11.6. The summed E-state index contributed by atoms with van der Waals surface area (Å²) in [6, 6.07) is 7.49. The number of sulfonamides is 1. The fraction of sp³-hybridized carbons (Fsp3) is 0. The second kappa shape index (κ2) is 4.86. The maximum atomic E-state index is 12.2. The van der Waals surface area contributed by atoms with Crippen LogP contribution in [-0.4, -0.2) is 29.7 Å². The largest absolute Gasteiger partial charge is 0.477 e. The Bertz CT molecular complexity index is 927. The van der Waals surface area contributed by atoms with Crippen LogP contribution in [0.2, 0.25) is 0 Å². The smallest absolute Gasteiger partial charge is 0.345 e. The first-order valence-electron chi connectivity index (χ1n) is 5.75. The van der Waals surface area contributed by atoms with Crippen molar-refractivity contribution in [3.05, 3.63) is 41.4 Å². The van der Waals surface area contributed by atoms with Gasteiger partial charge in [-0.15, -0.1) is 11.3 Å². The number of fused-ring (bicyclic) bond motifs is 1. The molecule has 0 spiro atoms. The molecule has 0 saturated heterocycles. The van der Waals surface area contributed by atoms with E-state index in [4.69, 9.17) is 5.11 Å². The van der Waals surface area contributed by atoms with Crippen LogP contribution in [0.15, 0.2) is 40.7 Å². The number of hydrogen-bond donors (Lipinski definition) is 3. The maximum Gasteiger partial charge on any atom is 0.345 e. The molecule has 0 saturated carbocycles. The predicted octanol–water partition coefficient (Wildman–Crippen LogP) is 2.12. The first-order valence-corrected chi connectivity index (χ1v) is 8.05. The number of rotatable bonds is 4. The minimum Gasteiger partial charge on any atom is -0.477 e. The number of anilines is 1. The highest BCUT2D eigenvalue weighted by Gasteiger charge is 2.19. The standard InChI is InChI=1S/C12H9N3O4S2/c16-12(17)10-3-4-11(20-10)21(18,19)15-8-2-1-7-6-13-14-9(7)5-8/h1-6,15H,(H,13,14)(H,16,17). The van der Waals surface area contributed by atoms with Crippen LogP contribution in [0, 0.1) is 0 Å². The molecular weight excluding hydrogens is 314 g/mol. The van der Waals surface area contributed by atoms with E-state index in [9.17, 15) is 13.2 Å². The predicted molar refractivity (Wildman–Crippen MR) is 78.2 cm³/mol. The van der Waals surface area contributed by atoms with Crippen LogP contribution in [0.3, 0.4) is 0 Å². The highest BCUT2D eigenvalue weighted by Crippen LogP contribution is 2.25. The van der Waals surface area contributed by atoms with Gasteiger partial charge in [-0.1, -0.05) is 0 Å². The van der Waals surface area contributed by atoms with E-state index >= 15 is 0 Å². The number of carboxylic acids is 1. The zero-order valence-electron chi connectivity index (χ0n) is 10.4. The third-order valence-electron chi connectivity index (χ3n) is 2.75. The Morgan fingerprint density at radius 2 is 2.10 bits per heavy atom. The molecule has 1 aromatic carbocycles. The van der Waals surface area contributed by atoms with E-state index in [0.717, 1.165) is 5.39 Å². The van der Waals surface area contributed by atoms with Crippen LogP contribution in [0.4, 0.5) is 5.69 Å². The van der Waals surface area contributed by atoms with Gasteiger partial charge in [-0.25, -0.2) is 13.2 Å². The summed E-state index contributed by atoms with van der Waals surface area (Å²) in [5, 5.41) is 16.3. The third-order valence-corrected chi connectivity index (χ3v) is 5.70. The lowest BCUT2D eigenvalue weighted by Crippen LogP contribution is -2.11. The van der Waals surface area contributed by atoms with Gasteiger partial charge in [0.2, 0.25) is 0 Å². The number of aromatic amines is 1. The fourth-order valence-electron chi connectivity index (χ4n) is 1.79. The summed E-state index contributed by atoms with van der Waals surface area (Å²) in [6.45, 7) is 0. The molecule has 0 aliphatic heterocycles. The first-order chi connectivity index (χ1) is 9.95. The Kier molecular flexibility index (Phi) is 3.15. The van der Waals surface area contributed by atoms with Crippen molar-refractivity contribution in [1.29, 1.82) is 0 Å². The SMILES string of the molecule is O=C(O)c1ccc(S(=O)(=O)Nc2ccc3cn[nH]c3c2)s1. The molecule has 0 aliphatic rings. The highest BCUT2D eigenvalue weighted by atomic mass is 32.2. The molecule has 3 rings (SSSR count). The molecule has 3 aromatic rings. The van der Waals surface area contributed by atoms with Crippen LogP contribution in [-0.2, 0) is 10.0 Å². The van der Waals surface area contributed by atoms with Crippen LogP contribution in [0.25, 0.3) is 10.9 Å². The van der Waals surface area contributed by atoms with E-state index in [-0.39, 0.29) is 9.09 Å². The molecule has 108 valence electrons. The fourth-order valence-corrected chi connectivity index (χ4v) is 3.98. The average Bonchev–Trinajstić information content (AvgIpc) is 3.07. The molecule has 2 heterocycles. The number of carboxylic acid groups (broad SMARTS) is 1.